The summed E-state index contributed by atoms with van der Waals surface area (Å²) in [5, 5.41) is 8.21. The third kappa shape index (κ3) is 3.41. The van der Waals surface area contributed by atoms with E-state index in [1.165, 1.54) is 15.9 Å². The van der Waals surface area contributed by atoms with Crippen molar-refractivity contribution in [2.24, 2.45) is 0 Å². The highest BCUT2D eigenvalue weighted by atomic mass is 32.1. The Morgan fingerprint density at radius 1 is 1.21 bits per heavy atom. The van der Waals surface area contributed by atoms with Gasteiger partial charge in [-0.25, -0.2) is 4.98 Å². The van der Waals surface area contributed by atoms with Gasteiger partial charge in [0.15, 0.2) is 16.5 Å². The summed E-state index contributed by atoms with van der Waals surface area (Å²) >= 11 is 1.44. The summed E-state index contributed by atoms with van der Waals surface area (Å²) < 4.78 is 6.74. The Morgan fingerprint density at radius 2 is 2.00 bits per heavy atom. The van der Waals surface area contributed by atoms with Gasteiger partial charge < -0.3 is 15.8 Å². The molecule has 0 spiro atoms. The molecular formula is C20H19N5O2S. The van der Waals surface area contributed by atoms with Crippen molar-refractivity contribution in [3.05, 3.63) is 65.7 Å². The van der Waals surface area contributed by atoms with Gasteiger partial charge in [0, 0.05) is 5.56 Å². The molecule has 0 aliphatic rings. The lowest BCUT2D eigenvalue weighted by molar-refractivity contribution is 0.0940. The van der Waals surface area contributed by atoms with E-state index in [0.717, 1.165) is 15.5 Å². The summed E-state index contributed by atoms with van der Waals surface area (Å²) in [6.07, 6.45) is 0. The Bertz CT molecular complexity index is 1140. The van der Waals surface area contributed by atoms with Crippen LogP contribution in [0.2, 0.25) is 0 Å². The molecule has 1 unspecified atom stereocenters. The first-order valence-corrected chi connectivity index (χ1v) is 9.53. The van der Waals surface area contributed by atoms with E-state index in [2.05, 4.69) is 15.4 Å². The second-order valence-corrected chi connectivity index (χ2v) is 7.35. The summed E-state index contributed by atoms with van der Waals surface area (Å²) in [6, 6.07) is 16.7. The zero-order valence-electron chi connectivity index (χ0n) is 15.4. The first-order chi connectivity index (χ1) is 13.5. The molecule has 28 heavy (non-hydrogen) atoms. The fraction of sp³-hybridized carbons (Fsp3) is 0.150. The molecule has 1 amide bonds. The van der Waals surface area contributed by atoms with E-state index >= 15 is 0 Å². The maximum Gasteiger partial charge on any atom is 0.252 e. The largest absolute Gasteiger partial charge is 0.487 e. The summed E-state index contributed by atoms with van der Waals surface area (Å²) in [6.45, 7) is 1.94. The lowest BCUT2D eigenvalue weighted by Crippen LogP contribution is -2.26. The topological polar surface area (TPSA) is 94.5 Å². The molecule has 0 saturated heterocycles. The van der Waals surface area contributed by atoms with Crippen molar-refractivity contribution in [2.45, 2.75) is 13.0 Å². The van der Waals surface area contributed by atoms with Crippen molar-refractivity contribution in [1.29, 1.82) is 0 Å². The summed E-state index contributed by atoms with van der Waals surface area (Å²) in [4.78, 5) is 18.1. The number of anilines is 1. The zero-order chi connectivity index (χ0) is 19.7. The van der Waals surface area contributed by atoms with E-state index in [9.17, 15) is 4.79 Å². The standard InChI is InChI=1S/C20H19N5O2S/c1-12(13-6-4-3-5-7-13)22-20(26)14-10-16(21)25-17(11-14)23-19(24-25)15-8-9-18(27-2)28-15/h3-12H,21H2,1-2H3,(H,22,26). The smallest absolute Gasteiger partial charge is 0.252 e. The number of nitrogens with two attached hydrogens (primary N) is 1. The van der Waals surface area contributed by atoms with Gasteiger partial charge in [-0.3, -0.25) is 4.79 Å². The van der Waals surface area contributed by atoms with Crippen molar-refractivity contribution < 1.29 is 9.53 Å². The van der Waals surface area contributed by atoms with Crippen molar-refractivity contribution >= 4 is 28.7 Å². The number of methoxy groups -OCH3 is 1. The SMILES string of the molecule is COc1ccc(-c2nc3cc(C(=O)NC(C)c4ccccc4)cc(N)n3n2)s1. The van der Waals surface area contributed by atoms with E-state index in [4.69, 9.17) is 10.5 Å². The van der Waals surface area contributed by atoms with Gasteiger partial charge in [0.2, 0.25) is 0 Å². The van der Waals surface area contributed by atoms with Gasteiger partial charge >= 0.3 is 0 Å². The first kappa shape index (κ1) is 18.0. The van der Waals surface area contributed by atoms with Crippen LogP contribution in [-0.4, -0.2) is 27.6 Å². The molecule has 1 aromatic carbocycles. The van der Waals surface area contributed by atoms with Crippen LogP contribution in [-0.2, 0) is 0 Å². The minimum atomic E-state index is -0.215. The van der Waals surface area contributed by atoms with E-state index in [1.54, 1.807) is 19.2 Å². The maximum atomic E-state index is 12.7. The predicted molar refractivity (Wildman–Crippen MR) is 110 cm³/mol. The van der Waals surface area contributed by atoms with E-state index in [1.807, 2.05) is 49.4 Å². The minimum Gasteiger partial charge on any atom is -0.487 e. The zero-order valence-corrected chi connectivity index (χ0v) is 16.2. The van der Waals surface area contributed by atoms with Crippen LogP contribution in [0.3, 0.4) is 0 Å². The van der Waals surface area contributed by atoms with Crippen LogP contribution in [0, 0.1) is 0 Å². The van der Waals surface area contributed by atoms with E-state index < -0.39 is 0 Å². The molecule has 0 saturated carbocycles. The van der Waals surface area contributed by atoms with Gasteiger partial charge in [0.1, 0.15) is 5.82 Å². The molecule has 0 aliphatic carbocycles. The second kappa shape index (κ2) is 7.32. The highest BCUT2D eigenvalue weighted by Gasteiger charge is 2.16. The number of hydrogen-bond acceptors (Lipinski definition) is 6. The van der Waals surface area contributed by atoms with Crippen LogP contribution in [0.4, 0.5) is 5.82 Å². The van der Waals surface area contributed by atoms with E-state index in [0.29, 0.717) is 22.9 Å². The van der Waals surface area contributed by atoms with Gasteiger partial charge in [0.25, 0.3) is 5.91 Å². The number of thiophene rings is 1. The molecule has 142 valence electrons. The number of aromatic nitrogens is 3. The molecule has 0 radical (unpaired) electrons. The van der Waals surface area contributed by atoms with Gasteiger partial charge in [0.05, 0.1) is 18.0 Å². The lowest BCUT2D eigenvalue weighted by atomic mass is 10.1. The minimum absolute atomic E-state index is 0.127. The molecule has 1 atom stereocenters. The Hall–Kier alpha value is -3.39. The maximum absolute atomic E-state index is 12.7. The summed E-state index contributed by atoms with van der Waals surface area (Å²) in [5.41, 5.74) is 8.10. The number of benzene rings is 1. The predicted octanol–water partition coefficient (Wildman–Crippen LogP) is 3.54. The summed E-state index contributed by atoms with van der Waals surface area (Å²) in [5.74, 6) is 0.667. The van der Waals surface area contributed by atoms with Gasteiger partial charge in [-0.1, -0.05) is 41.7 Å². The Labute approximate surface area is 165 Å². The molecular weight excluding hydrogens is 374 g/mol. The monoisotopic (exact) mass is 393 g/mol. The third-order valence-corrected chi connectivity index (χ3v) is 5.42. The molecule has 8 heteroatoms. The Morgan fingerprint density at radius 3 is 2.71 bits per heavy atom. The number of ether oxygens (including phenoxy) is 1. The summed E-state index contributed by atoms with van der Waals surface area (Å²) in [7, 11) is 1.62. The van der Waals surface area contributed by atoms with Crippen molar-refractivity contribution in [1.82, 2.24) is 19.9 Å². The average Bonchev–Trinajstić information content (AvgIpc) is 3.35. The number of hydrogen-bond donors (Lipinski definition) is 2. The van der Waals surface area contributed by atoms with Crippen LogP contribution in [0.15, 0.2) is 54.6 Å². The molecule has 3 aromatic heterocycles. The van der Waals surface area contributed by atoms with E-state index in [-0.39, 0.29) is 11.9 Å². The van der Waals surface area contributed by atoms with Crippen LogP contribution in [0.25, 0.3) is 16.3 Å². The number of carbonyl (C=O) groups is 1. The fourth-order valence-electron chi connectivity index (χ4n) is 2.90. The normalized spacial score (nSPS) is 12.1. The molecule has 0 fully saturated rings. The van der Waals surface area contributed by atoms with Crippen molar-refractivity contribution in [2.75, 3.05) is 12.8 Å². The number of carbonyl (C=O) groups excluding carboxylic acids is 1. The highest BCUT2D eigenvalue weighted by molar-refractivity contribution is 7.17. The number of nitrogens with zero attached hydrogens (tertiary/aromatic N) is 3. The van der Waals surface area contributed by atoms with Crippen molar-refractivity contribution in [3.8, 4) is 15.8 Å². The average molecular weight is 393 g/mol. The second-order valence-electron chi connectivity index (χ2n) is 6.30. The first-order valence-electron chi connectivity index (χ1n) is 8.71. The van der Waals surface area contributed by atoms with Crippen molar-refractivity contribution in [3.63, 3.8) is 0 Å². The molecule has 0 bridgehead atoms. The molecule has 4 aromatic rings. The van der Waals surface area contributed by atoms with Crippen LogP contribution < -0.4 is 15.8 Å². The molecule has 3 N–H and O–H groups in total. The number of amides is 1. The number of nitrogens with one attached hydrogen (secondary N) is 1. The lowest BCUT2D eigenvalue weighted by Gasteiger charge is -2.14. The fourth-order valence-corrected chi connectivity index (χ4v) is 3.65. The Balaban J connectivity index is 1.62. The van der Waals surface area contributed by atoms with Gasteiger partial charge in [-0.05, 0) is 36.8 Å². The van der Waals surface area contributed by atoms with Crippen LogP contribution in [0.1, 0.15) is 28.9 Å². The third-order valence-electron chi connectivity index (χ3n) is 4.38. The molecule has 3 heterocycles. The van der Waals surface area contributed by atoms with Crippen LogP contribution >= 0.6 is 11.3 Å². The quantitative estimate of drug-likeness (QED) is 0.541. The number of rotatable bonds is 5. The number of nitrogen functional groups attached to an aromatic ring is 1. The van der Waals surface area contributed by atoms with Crippen LogP contribution in [0.5, 0.6) is 5.06 Å². The number of pyridine rings is 1. The molecule has 0 aliphatic heterocycles. The Kier molecular flexibility index (Phi) is 4.70. The van der Waals surface area contributed by atoms with Gasteiger partial charge in [-0.2, -0.15) is 4.52 Å². The number of fused-ring (bicyclic) bond motifs is 1. The highest BCUT2D eigenvalue weighted by Crippen LogP contribution is 2.31. The molecule has 7 nitrogen and oxygen atoms in total. The molecule has 4 rings (SSSR count). The van der Waals surface area contributed by atoms with Gasteiger partial charge in [-0.15, -0.1) is 5.10 Å².